The molecule has 2 heteroatoms. The summed E-state index contributed by atoms with van der Waals surface area (Å²) in [5.74, 6) is 0. The first-order chi connectivity index (χ1) is 15.3. The second-order valence-corrected chi connectivity index (χ2v) is 11.1. The number of anilines is 3. The van der Waals surface area contributed by atoms with Gasteiger partial charge < -0.3 is 9.80 Å². The molecule has 3 aromatic rings. The molecule has 32 heavy (non-hydrogen) atoms. The highest BCUT2D eigenvalue weighted by Crippen LogP contribution is 2.51. The van der Waals surface area contributed by atoms with Crippen molar-refractivity contribution in [2.75, 3.05) is 23.5 Å². The molecule has 3 aliphatic rings. The molecule has 2 nitrogen and oxygen atoms in total. The molecule has 1 aliphatic heterocycles. The van der Waals surface area contributed by atoms with Crippen LogP contribution in [0.4, 0.5) is 17.1 Å². The Kier molecular flexibility index (Phi) is 4.13. The molecule has 6 rings (SSSR count). The molecule has 164 valence electrons. The van der Waals surface area contributed by atoms with E-state index in [0.29, 0.717) is 0 Å². The maximum atomic E-state index is 2.52. The predicted molar refractivity (Wildman–Crippen MR) is 136 cm³/mol. The highest BCUT2D eigenvalue weighted by molar-refractivity contribution is 5.84. The van der Waals surface area contributed by atoms with Crippen molar-refractivity contribution in [3.05, 3.63) is 88.0 Å². The minimum atomic E-state index is -0.0121. The van der Waals surface area contributed by atoms with Gasteiger partial charge >= 0.3 is 0 Å². The van der Waals surface area contributed by atoms with Crippen LogP contribution in [0, 0.1) is 0 Å². The largest absolute Gasteiger partial charge is 0.355 e. The zero-order valence-corrected chi connectivity index (χ0v) is 20.1. The second-order valence-electron chi connectivity index (χ2n) is 11.1. The Labute approximate surface area is 192 Å². The van der Waals surface area contributed by atoms with Gasteiger partial charge in [0.25, 0.3) is 0 Å². The summed E-state index contributed by atoms with van der Waals surface area (Å²) in [6, 6.07) is 21.2. The second kappa shape index (κ2) is 6.63. The van der Waals surface area contributed by atoms with Gasteiger partial charge in [0.2, 0.25) is 0 Å². The van der Waals surface area contributed by atoms with Crippen molar-refractivity contribution in [2.45, 2.75) is 64.2 Å². The highest BCUT2D eigenvalue weighted by atomic mass is 15.4. The molecule has 0 saturated carbocycles. The minimum absolute atomic E-state index is 0.0121. The number of benzene rings is 3. The smallest absolute Gasteiger partial charge is 0.0950 e. The Morgan fingerprint density at radius 3 is 1.88 bits per heavy atom. The minimum Gasteiger partial charge on any atom is -0.355 e. The molecule has 0 aromatic heterocycles. The third kappa shape index (κ3) is 2.65. The molecule has 3 aromatic carbocycles. The lowest BCUT2D eigenvalue weighted by Crippen LogP contribution is -2.36. The van der Waals surface area contributed by atoms with E-state index in [2.05, 4.69) is 99.1 Å². The van der Waals surface area contributed by atoms with Crippen LogP contribution in [0.15, 0.2) is 54.6 Å². The molecule has 0 spiro atoms. The fourth-order valence-corrected chi connectivity index (χ4v) is 6.49. The third-order valence-corrected chi connectivity index (χ3v) is 8.43. The number of fused-ring (bicyclic) bond motifs is 4. The van der Waals surface area contributed by atoms with Gasteiger partial charge in [-0.2, -0.15) is 0 Å². The van der Waals surface area contributed by atoms with Crippen LogP contribution in [0.3, 0.4) is 0 Å². The molecular formula is C30H34N2. The lowest BCUT2D eigenvalue weighted by Gasteiger charge is -2.44. The van der Waals surface area contributed by atoms with Crippen molar-refractivity contribution in [3.63, 3.8) is 0 Å². The summed E-state index contributed by atoms with van der Waals surface area (Å²) in [7, 11) is 2.23. The van der Waals surface area contributed by atoms with Gasteiger partial charge in [-0.3, -0.25) is 0 Å². The summed E-state index contributed by atoms with van der Waals surface area (Å²) in [5, 5.41) is 0. The third-order valence-electron chi connectivity index (χ3n) is 8.43. The molecular weight excluding hydrogens is 388 g/mol. The summed E-state index contributed by atoms with van der Waals surface area (Å²) in [4.78, 5) is 4.93. The van der Waals surface area contributed by atoms with Crippen LogP contribution < -0.4 is 9.80 Å². The van der Waals surface area contributed by atoms with Gasteiger partial charge in [0.15, 0.2) is 0 Å². The lowest BCUT2D eigenvalue weighted by molar-refractivity contribution is 0.520. The average molecular weight is 423 g/mol. The van der Waals surface area contributed by atoms with Gasteiger partial charge in [-0.05, 0) is 83.3 Å². The molecule has 0 atom stereocenters. The lowest BCUT2D eigenvalue weighted by atomic mass is 9.60. The van der Waals surface area contributed by atoms with Crippen molar-refractivity contribution in [1.82, 2.24) is 0 Å². The van der Waals surface area contributed by atoms with Crippen LogP contribution >= 0.6 is 0 Å². The van der Waals surface area contributed by atoms with Crippen molar-refractivity contribution < 1.29 is 0 Å². The summed E-state index contributed by atoms with van der Waals surface area (Å²) in [6.45, 7) is 10.5. The Bertz CT molecular complexity index is 1230. The van der Waals surface area contributed by atoms with Crippen molar-refractivity contribution in [1.29, 1.82) is 0 Å². The molecule has 1 heterocycles. The van der Waals surface area contributed by atoms with Gasteiger partial charge in [0.1, 0.15) is 0 Å². The van der Waals surface area contributed by atoms with Gasteiger partial charge in [-0.15, -0.1) is 0 Å². The van der Waals surface area contributed by atoms with Crippen molar-refractivity contribution >= 4 is 17.1 Å². The standard InChI is InChI=1S/C30H34N2/c1-29(2)23-12-8-9-13-24(23)30(3,4)26-18-22(14-15-25(26)29)32-19-31(5)27-16-20-10-6-7-11-21(20)17-28(27)32/h8-9,12-18H,6-7,10-11,19H2,1-5H3. The van der Waals surface area contributed by atoms with Crippen LogP contribution in [0.25, 0.3) is 0 Å². The number of aryl methyl sites for hydroxylation is 2. The van der Waals surface area contributed by atoms with E-state index in [1.54, 1.807) is 11.1 Å². The SMILES string of the molecule is CN1CN(c2ccc3c(c2)C(C)(C)c2ccccc2C3(C)C)c2cc3c(cc21)CCCC3. The molecule has 0 N–H and O–H groups in total. The predicted octanol–water partition coefficient (Wildman–Crippen LogP) is 7.08. The molecule has 0 saturated heterocycles. The molecule has 0 fully saturated rings. The van der Waals surface area contributed by atoms with Gasteiger partial charge in [-0.1, -0.05) is 58.0 Å². The first-order valence-corrected chi connectivity index (χ1v) is 12.2. The van der Waals surface area contributed by atoms with Crippen LogP contribution in [0.5, 0.6) is 0 Å². The van der Waals surface area contributed by atoms with Crippen LogP contribution in [-0.4, -0.2) is 13.7 Å². The van der Waals surface area contributed by atoms with E-state index in [1.165, 1.54) is 65.0 Å². The van der Waals surface area contributed by atoms with E-state index in [4.69, 9.17) is 0 Å². The first kappa shape index (κ1) is 19.9. The van der Waals surface area contributed by atoms with Crippen LogP contribution in [0.2, 0.25) is 0 Å². The fourth-order valence-electron chi connectivity index (χ4n) is 6.49. The van der Waals surface area contributed by atoms with E-state index in [-0.39, 0.29) is 10.8 Å². The van der Waals surface area contributed by atoms with Gasteiger partial charge in [0.05, 0.1) is 18.0 Å². The average Bonchev–Trinajstić information content (AvgIpc) is 3.12. The summed E-state index contributed by atoms with van der Waals surface area (Å²) in [5.41, 5.74) is 13.0. The molecule has 2 aliphatic carbocycles. The highest BCUT2D eigenvalue weighted by Gasteiger charge is 2.41. The molecule has 0 radical (unpaired) electrons. The fraction of sp³-hybridized carbons (Fsp3) is 0.400. The zero-order chi connectivity index (χ0) is 22.3. The van der Waals surface area contributed by atoms with Crippen molar-refractivity contribution in [2.24, 2.45) is 0 Å². The Morgan fingerprint density at radius 2 is 1.22 bits per heavy atom. The summed E-state index contributed by atoms with van der Waals surface area (Å²) in [6.07, 6.45) is 5.11. The number of hydrogen-bond donors (Lipinski definition) is 0. The van der Waals surface area contributed by atoms with Gasteiger partial charge in [-0.25, -0.2) is 0 Å². The van der Waals surface area contributed by atoms with E-state index in [0.717, 1.165) is 6.67 Å². The monoisotopic (exact) mass is 422 g/mol. The Hall–Kier alpha value is -2.74. The van der Waals surface area contributed by atoms with E-state index in [1.807, 2.05) is 0 Å². The number of nitrogens with zero attached hydrogens (tertiary/aromatic N) is 2. The molecule has 0 bridgehead atoms. The quantitative estimate of drug-likeness (QED) is 0.413. The number of hydrogen-bond acceptors (Lipinski definition) is 2. The maximum Gasteiger partial charge on any atom is 0.0950 e. The Morgan fingerprint density at radius 1 is 0.656 bits per heavy atom. The van der Waals surface area contributed by atoms with Gasteiger partial charge in [0, 0.05) is 23.6 Å². The summed E-state index contributed by atoms with van der Waals surface area (Å²) >= 11 is 0. The first-order valence-electron chi connectivity index (χ1n) is 12.2. The molecule has 0 amide bonds. The van der Waals surface area contributed by atoms with Crippen molar-refractivity contribution in [3.8, 4) is 0 Å². The molecule has 0 unspecified atom stereocenters. The van der Waals surface area contributed by atoms with E-state index >= 15 is 0 Å². The van der Waals surface area contributed by atoms with Crippen LogP contribution in [-0.2, 0) is 23.7 Å². The zero-order valence-electron chi connectivity index (χ0n) is 20.1. The normalized spacial score (nSPS) is 19.8. The Balaban J connectivity index is 1.49. The summed E-state index contributed by atoms with van der Waals surface area (Å²) < 4.78 is 0. The van der Waals surface area contributed by atoms with E-state index < -0.39 is 0 Å². The number of rotatable bonds is 1. The van der Waals surface area contributed by atoms with Crippen LogP contribution in [0.1, 0.15) is 73.9 Å². The maximum absolute atomic E-state index is 2.52. The topological polar surface area (TPSA) is 6.48 Å². The van der Waals surface area contributed by atoms with E-state index in [9.17, 15) is 0 Å².